The van der Waals surface area contributed by atoms with Crippen LogP contribution in [0.25, 0.3) is 0 Å². The number of hydrogen-bond donors (Lipinski definition) is 1. The average molecular weight is 294 g/mol. The summed E-state index contributed by atoms with van der Waals surface area (Å²) in [5.74, 6) is 2.91. The molecule has 1 heterocycles. The minimum atomic E-state index is 0.512. The number of methoxy groups -OCH3 is 1. The van der Waals surface area contributed by atoms with Gasteiger partial charge in [-0.15, -0.1) is 0 Å². The van der Waals surface area contributed by atoms with E-state index in [1.165, 1.54) is 12.8 Å². The summed E-state index contributed by atoms with van der Waals surface area (Å²) >= 11 is 0. The highest BCUT2D eigenvalue weighted by atomic mass is 16.5. The Morgan fingerprint density at radius 2 is 2.10 bits per heavy atom. The van der Waals surface area contributed by atoms with Crippen molar-refractivity contribution in [3.05, 3.63) is 11.9 Å². The lowest BCUT2D eigenvalue weighted by atomic mass is 10.3. The van der Waals surface area contributed by atoms with E-state index in [-0.39, 0.29) is 0 Å². The first-order valence-electron chi connectivity index (χ1n) is 7.58. The summed E-state index contributed by atoms with van der Waals surface area (Å²) in [6.07, 6.45) is 3.44. The topological polar surface area (TPSA) is 59.5 Å². The zero-order valence-electron chi connectivity index (χ0n) is 13.3. The smallest absolute Gasteiger partial charge is 0.218 e. The van der Waals surface area contributed by atoms with Crippen molar-refractivity contribution in [1.82, 2.24) is 14.9 Å². The third-order valence-electron chi connectivity index (χ3n) is 3.29. The Kier molecular flexibility index (Phi) is 6.20. The van der Waals surface area contributed by atoms with E-state index in [1.807, 2.05) is 6.07 Å². The fourth-order valence-electron chi connectivity index (χ4n) is 1.97. The molecule has 0 bridgehead atoms. The van der Waals surface area contributed by atoms with Gasteiger partial charge in [-0.25, -0.2) is 4.98 Å². The summed E-state index contributed by atoms with van der Waals surface area (Å²) in [6.45, 7) is 3.04. The average Bonchev–Trinajstić information content (AvgIpc) is 3.28. The minimum Gasteiger partial charge on any atom is -0.475 e. The SMILES string of the molecule is COCCOc1cc(NCCCN(C)C)nc(C2CC2)n1. The zero-order chi connectivity index (χ0) is 15.1. The molecule has 0 aromatic carbocycles. The summed E-state index contributed by atoms with van der Waals surface area (Å²) in [7, 11) is 5.83. The normalized spacial score (nSPS) is 14.5. The second-order valence-electron chi connectivity index (χ2n) is 5.65. The van der Waals surface area contributed by atoms with Crippen molar-refractivity contribution in [2.24, 2.45) is 0 Å². The molecule has 1 N–H and O–H groups in total. The van der Waals surface area contributed by atoms with Gasteiger partial charge in [0.25, 0.3) is 0 Å². The van der Waals surface area contributed by atoms with E-state index in [0.717, 1.165) is 31.2 Å². The number of ether oxygens (including phenoxy) is 2. The van der Waals surface area contributed by atoms with Gasteiger partial charge in [0.1, 0.15) is 18.2 Å². The van der Waals surface area contributed by atoms with Gasteiger partial charge in [0.05, 0.1) is 6.61 Å². The first-order valence-corrected chi connectivity index (χ1v) is 7.58. The summed E-state index contributed by atoms with van der Waals surface area (Å²) in [5.41, 5.74) is 0. The fourth-order valence-corrected chi connectivity index (χ4v) is 1.97. The molecule has 1 aliphatic rings. The highest BCUT2D eigenvalue weighted by Gasteiger charge is 2.27. The van der Waals surface area contributed by atoms with Crippen LogP contribution in [0.15, 0.2) is 6.07 Å². The van der Waals surface area contributed by atoms with Gasteiger partial charge in [-0.2, -0.15) is 4.98 Å². The number of hydrogen-bond acceptors (Lipinski definition) is 6. The summed E-state index contributed by atoms with van der Waals surface area (Å²) in [5, 5.41) is 3.36. The van der Waals surface area contributed by atoms with E-state index in [9.17, 15) is 0 Å². The monoisotopic (exact) mass is 294 g/mol. The first-order chi connectivity index (χ1) is 10.2. The highest BCUT2D eigenvalue weighted by molar-refractivity contribution is 5.39. The predicted molar refractivity (Wildman–Crippen MR) is 83.0 cm³/mol. The fraction of sp³-hybridized carbons (Fsp3) is 0.733. The molecule has 0 aliphatic heterocycles. The van der Waals surface area contributed by atoms with Gasteiger partial charge in [-0.05, 0) is 39.9 Å². The molecule has 0 atom stereocenters. The summed E-state index contributed by atoms with van der Waals surface area (Å²) in [6, 6.07) is 1.87. The van der Waals surface area contributed by atoms with Crippen LogP contribution in [0.3, 0.4) is 0 Å². The van der Waals surface area contributed by atoms with E-state index in [1.54, 1.807) is 7.11 Å². The molecule has 118 valence electrons. The van der Waals surface area contributed by atoms with Crippen molar-refractivity contribution < 1.29 is 9.47 Å². The van der Waals surface area contributed by atoms with E-state index < -0.39 is 0 Å². The standard InChI is InChI=1S/C15H26N4O2/c1-19(2)8-4-7-16-13-11-14(21-10-9-20-3)18-15(17-13)12-5-6-12/h11-12H,4-10H2,1-3H3,(H,16,17,18). The Morgan fingerprint density at radius 3 is 2.76 bits per heavy atom. The molecular weight excluding hydrogens is 268 g/mol. The molecule has 0 radical (unpaired) electrons. The van der Waals surface area contributed by atoms with Gasteiger partial charge >= 0.3 is 0 Å². The van der Waals surface area contributed by atoms with Crippen LogP contribution in [0.5, 0.6) is 5.88 Å². The third-order valence-corrected chi connectivity index (χ3v) is 3.29. The van der Waals surface area contributed by atoms with Crippen LogP contribution in [0.2, 0.25) is 0 Å². The van der Waals surface area contributed by atoms with E-state index in [0.29, 0.717) is 25.0 Å². The van der Waals surface area contributed by atoms with Crippen molar-refractivity contribution in [1.29, 1.82) is 0 Å². The molecule has 1 aromatic heterocycles. The largest absolute Gasteiger partial charge is 0.475 e. The van der Waals surface area contributed by atoms with E-state index in [2.05, 4.69) is 34.3 Å². The van der Waals surface area contributed by atoms with Crippen LogP contribution in [0.4, 0.5) is 5.82 Å². The Bertz CT molecular complexity index is 436. The lowest BCUT2D eigenvalue weighted by Crippen LogP contribution is -2.17. The maximum atomic E-state index is 5.63. The van der Waals surface area contributed by atoms with Crippen molar-refractivity contribution in [3.63, 3.8) is 0 Å². The molecule has 6 heteroatoms. The minimum absolute atomic E-state index is 0.512. The second kappa shape index (κ2) is 8.14. The molecule has 1 fully saturated rings. The molecule has 0 spiro atoms. The van der Waals surface area contributed by atoms with Crippen molar-refractivity contribution in [3.8, 4) is 5.88 Å². The number of aromatic nitrogens is 2. The van der Waals surface area contributed by atoms with Gasteiger partial charge in [-0.3, -0.25) is 0 Å². The molecule has 1 saturated carbocycles. The number of rotatable bonds is 10. The maximum Gasteiger partial charge on any atom is 0.218 e. The van der Waals surface area contributed by atoms with Gasteiger partial charge in [-0.1, -0.05) is 0 Å². The maximum absolute atomic E-state index is 5.63. The van der Waals surface area contributed by atoms with Gasteiger partial charge in [0.15, 0.2) is 0 Å². The molecule has 21 heavy (non-hydrogen) atoms. The molecular formula is C15H26N4O2. The lowest BCUT2D eigenvalue weighted by molar-refractivity contribution is 0.143. The van der Waals surface area contributed by atoms with Crippen LogP contribution in [0.1, 0.15) is 31.0 Å². The van der Waals surface area contributed by atoms with Crippen LogP contribution in [-0.4, -0.2) is 62.4 Å². The first kappa shape index (κ1) is 16.0. The van der Waals surface area contributed by atoms with Crippen LogP contribution < -0.4 is 10.1 Å². The molecule has 1 aliphatic carbocycles. The quantitative estimate of drug-likeness (QED) is 0.663. The Labute approximate surface area is 126 Å². The molecule has 2 rings (SSSR count). The van der Waals surface area contributed by atoms with Gasteiger partial charge in [0, 0.05) is 25.6 Å². The Morgan fingerprint density at radius 1 is 1.29 bits per heavy atom. The third kappa shape index (κ3) is 5.85. The Balaban J connectivity index is 1.91. The van der Waals surface area contributed by atoms with E-state index in [4.69, 9.17) is 9.47 Å². The highest BCUT2D eigenvalue weighted by Crippen LogP contribution is 2.39. The lowest BCUT2D eigenvalue weighted by Gasteiger charge is -2.12. The van der Waals surface area contributed by atoms with Crippen molar-refractivity contribution >= 4 is 5.82 Å². The van der Waals surface area contributed by atoms with Gasteiger partial charge in [0.2, 0.25) is 5.88 Å². The number of nitrogens with zero attached hydrogens (tertiary/aromatic N) is 3. The molecule has 1 aromatic rings. The van der Waals surface area contributed by atoms with Crippen LogP contribution in [-0.2, 0) is 4.74 Å². The molecule has 6 nitrogen and oxygen atoms in total. The zero-order valence-corrected chi connectivity index (χ0v) is 13.3. The van der Waals surface area contributed by atoms with Crippen molar-refractivity contribution in [2.45, 2.75) is 25.2 Å². The molecule has 0 amide bonds. The van der Waals surface area contributed by atoms with Crippen molar-refractivity contribution in [2.75, 3.05) is 52.8 Å². The van der Waals surface area contributed by atoms with E-state index >= 15 is 0 Å². The number of anilines is 1. The Hall–Kier alpha value is -1.40. The predicted octanol–water partition coefficient (Wildman–Crippen LogP) is 1.74. The summed E-state index contributed by atoms with van der Waals surface area (Å²) in [4.78, 5) is 11.3. The van der Waals surface area contributed by atoms with Gasteiger partial charge < -0.3 is 19.7 Å². The number of nitrogens with one attached hydrogen (secondary N) is 1. The second-order valence-corrected chi connectivity index (χ2v) is 5.65. The molecule has 0 unspecified atom stereocenters. The van der Waals surface area contributed by atoms with Crippen LogP contribution in [0, 0.1) is 0 Å². The molecule has 0 saturated heterocycles. The van der Waals surface area contributed by atoms with Crippen LogP contribution >= 0.6 is 0 Å². The summed E-state index contributed by atoms with van der Waals surface area (Å²) < 4.78 is 10.6.